The van der Waals surface area contributed by atoms with E-state index in [1.54, 1.807) is 6.08 Å². The lowest BCUT2D eigenvalue weighted by atomic mass is 9.99. The molecule has 442 valence electrons. The summed E-state index contributed by atoms with van der Waals surface area (Å²) < 4.78 is 17.6. The van der Waals surface area contributed by atoms with Crippen LogP contribution in [0.4, 0.5) is 0 Å². The van der Waals surface area contributed by atoms with Crippen molar-refractivity contribution in [1.29, 1.82) is 0 Å². The Balaban J connectivity index is 2.73. The molecule has 1 heterocycles. The minimum Gasteiger partial charge on any atom is -0.454 e. The van der Waals surface area contributed by atoms with Gasteiger partial charge in [0.2, 0.25) is 5.91 Å². The predicted molar refractivity (Wildman–Crippen MR) is 324 cm³/mol. The second kappa shape index (κ2) is 53.4. The van der Waals surface area contributed by atoms with Gasteiger partial charge in [-0.1, -0.05) is 244 Å². The van der Waals surface area contributed by atoms with Gasteiger partial charge in [-0.05, 0) is 96.3 Å². The number of nitrogens with one attached hydrogen (secondary N) is 1. The third-order valence-corrected chi connectivity index (χ3v) is 13.4. The topological polar surface area (TPSA) is 175 Å². The molecule has 1 saturated heterocycles. The summed E-state index contributed by atoms with van der Waals surface area (Å²) in [6, 6.07) is -1.05. The van der Waals surface area contributed by atoms with Crippen LogP contribution in [0.3, 0.4) is 0 Å². The summed E-state index contributed by atoms with van der Waals surface area (Å²) in [5.74, 6) is -1.26. The first-order valence-electron chi connectivity index (χ1n) is 30.5. The first kappa shape index (κ1) is 71.8. The Morgan fingerprint density at radius 3 is 1.54 bits per heavy atom. The van der Waals surface area contributed by atoms with E-state index >= 15 is 0 Å². The van der Waals surface area contributed by atoms with Crippen molar-refractivity contribution in [2.45, 2.75) is 262 Å². The molecule has 11 heteroatoms. The first-order valence-corrected chi connectivity index (χ1v) is 30.5. The van der Waals surface area contributed by atoms with Gasteiger partial charge in [-0.2, -0.15) is 0 Å². The van der Waals surface area contributed by atoms with Crippen LogP contribution in [0.15, 0.2) is 134 Å². The van der Waals surface area contributed by atoms with E-state index in [9.17, 15) is 35.1 Å². The van der Waals surface area contributed by atoms with Gasteiger partial charge in [-0.25, -0.2) is 0 Å². The van der Waals surface area contributed by atoms with Crippen LogP contribution in [0.5, 0.6) is 0 Å². The molecular weight excluding hydrogens is 979 g/mol. The Morgan fingerprint density at radius 2 is 0.987 bits per heavy atom. The van der Waals surface area contributed by atoms with Gasteiger partial charge in [0, 0.05) is 6.42 Å². The molecule has 1 rings (SSSR count). The molecule has 0 bridgehead atoms. The van der Waals surface area contributed by atoms with Crippen molar-refractivity contribution in [2.75, 3.05) is 13.2 Å². The normalized spacial score (nSPS) is 19.9. The molecule has 0 spiro atoms. The Kier molecular flexibility index (Phi) is 49.2. The van der Waals surface area contributed by atoms with Crippen molar-refractivity contribution in [1.82, 2.24) is 5.32 Å². The molecule has 1 fully saturated rings. The number of amides is 1. The Bertz CT molecular complexity index is 1770. The number of carbonyl (C=O) groups excluding carboxylic acids is 2. The monoisotopic (exact) mass is 1090 g/mol. The quantitative estimate of drug-likeness (QED) is 0.0149. The van der Waals surface area contributed by atoms with Crippen molar-refractivity contribution >= 4 is 11.9 Å². The molecule has 6 N–H and O–H groups in total. The van der Waals surface area contributed by atoms with E-state index in [2.05, 4.69) is 111 Å². The fraction of sp³-hybridized carbons (Fsp3) is 0.642. The smallest absolute Gasteiger partial charge is 0.306 e. The van der Waals surface area contributed by atoms with Crippen molar-refractivity contribution in [3.63, 3.8) is 0 Å². The van der Waals surface area contributed by atoms with Crippen molar-refractivity contribution < 1.29 is 49.3 Å². The number of rotatable bonds is 49. The van der Waals surface area contributed by atoms with Crippen LogP contribution in [0.25, 0.3) is 0 Å². The molecule has 0 aromatic rings. The fourth-order valence-corrected chi connectivity index (χ4v) is 8.60. The minimum absolute atomic E-state index is 0.0861. The summed E-state index contributed by atoms with van der Waals surface area (Å²) >= 11 is 0. The van der Waals surface area contributed by atoms with Crippen LogP contribution in [-0.2, 0) is 23.8 Å². The van der Waals surface area contributed by atoms with Gasteiger partial charge in [0.25, 0.3) is 0 Å². The number of hydrogen-bond donors (Lipinski definition) is 6. The summed E-state index contributed by atoms with van der Waals surface area (Å²) in [7, 11) is 0. The third-order valence-electron chi connectivity index (χ3n) is 13.4. The predicted octanol–water partition coefficient (Wildman–Crippen LogP) is 14.4. The Hall–Kier alpha value is -4.20. The largest absolute Gasteiger partial charge is 0.454 e. The van der Waals surface area contributed by atoms with E-state index in [-0.39, 0.29) is 19.4 Å². The van der Waals surface area contributed by atoms with Crippen LogP contribution in [-0.4, -0.2) is 99.6 Å². The molecule has 0 aromatic carbocycles. The number of aliphatic hydroxyl groups is 5. The maximum atomic E-state index is 13.4. The van der Waals surface area contributed by atoms with Gasteiger partial charge in [0.15, 0.2) is 12.4 Å². The summed E-state index contributed by atoms with van der Waals surface area (Å²) in [4.78, 5) is 26.5. The summed E-state index contributed by atoms with van der Waals surface area (Å²) in [6.07, 6.45) is 64.8. The summed E-state index contributed by atoms with van der Waals surface area (Å²) in [5.41, 5.74) is 0. The summed E-state index contributed by atoms with van der Waals surface area (Å²) in [5, 5.41) is 56.9. The molecule has 8 atom stereocenters. The highest BCUT2D eigenvalue weighted by atomic mass is 16.7. The Morgan fingerprint density at radius 1 is 0.526 bits per heavy atom. The molecule has 0 radical (unpaired) electrons. The number of aliphatic hydroxyl groups excluding tert-OH is 5. The van der Waals surface area contributed by atoms with Gasteiger partial charge in [0.1, 0.15) is 24.4 Å². The van der Waals surface area contributed by atoms with Gasteiger partial charge in [-0.3, -0.25) is 9.59 Å². The second-order valence-corrected chi connectivity index (χ2v) is 20.4. The maximum Gasteiger partial charge on any atom is 0.306 e. The summed E-state index contributed by atoms with van der Waals surface area (Å²) in [6.45, 7) is 5.48. The number of carbonyl (C=O) groups is 2. The highest BCUT2D eigenvalue weighted by Crippen LogP contribution is 2.26. The van der Waals surface area contributed by atoms with Crippen LogP contribution in [0.2, 0.25) is 0 Å². The van der Waals surface area contributed by atoms with E-state index < -0.39 is 67.4 Å². The lowest BCUT2D eigenvalue weighted by molar-refractivity contribution is -0.305. The van der Waals surface area contributed by atoms with E-state index in [1.807, 2.05) is 42.5 Å². The van der Waals surface area contributed by atoms with Crippen molar-refractivity contribution in [3.8, 4) is 0 Å². The lowest BCUT2D eigenvalue weighted by Gasteiger charge is -2.41. The zero-order valence-corrected chi connectivity index (χ0v) is 48.7. The number of hydrogen-bond acceptors (Lipinski definition) is 10. The molecular formula is C67H109NO10. The molecule has 1 amide bonds. The third kappa shape index (κ3) is 40.9. The minimum atomic E-state index is -1.64. The zero-order valence-electron chi connectivity index (χ0n) is 48.7. The number of esters is 1. The molecule has 1 aliphatic rings. The van der Waals surface area contributed by atoms with Gasteiger partial charge < -0.3 is 45.1 Å². The number of allylic oxidation sites excluding steroid dienone is 21. The standard InChI is InChI=1S/C67H109NO10/c1-4-7-10-13-16-19-22-25-27-28-29-30-31-32-33-35-36-39-42-45-48-51-54-60(71)66(75)68-58(59(70)53-50-47-44-41-38-24-21-18-15-12-9-6-3)57-76-67-65(64(74)63(73)61(56-69)77-67)78-62(72)55-52-49-46-43-40-37-34-26-23-20-17-14-11-8-5-2/h7-8,10-11,14,16-17,19-20,23,25-27,29-30,32-34,36,39,50,53,58-61,63-65,67,69-71,73-74H,4-6,9,12-13,15,18,21-22,24,28,31,35,37-38,40-49,51-52,54-57H2,1-3H3,(H,68,75)/b10-7-,11-8+,17-14+,19-16-,23-20+,27-25-,30-29-,33-32-,34-26-,39-36-,53-50+. The van der Waals surface area contributed by atoms with Crippen molar-refractivity contribution in [3.05, 3.63) is 134 Å². The van der Waals surface area contributed by atoms with Crippen LogP contribution in [0.1, 0.15) is 213 Å². The second-order valence-electron chi connectivity index (χ2n) is 20.4. The van der Waals surface area contributed by atoms with E-state index in [1.165, 1.54) is 44.9 Å². The molecule has 78 heavy (non-hydrogen) atoms. The SMILES string of the molecule is CC/C=C\C/C=C\C/C=C\C/C=C\C/C=C\C/C=C\CCCCCC(O)C(=O)NC(COC1OC(CO)C(O)C(O)C1OC(=O)CCCCCCC\C=C/C=C/C=C/C=C/CC)C(O)/C=C/CCCCCCCCCCCC. The van der Waals surface area contributed by atoms with Crippen LogP contribution >= 0.6 is 0 Å². The average Bonchev–Trinajstić information content (AvgIpc) is 3.44. The number of ether oxygens (including phenoxy) is 3. The molecule has 0 aliphatic carbocycles. The van der Waals surface area contributed by atoms with Crippen LogP contribution < -0.4 is 5.32 Å². The lowest BCUT2D eigenvalue weighted by Crippen LogP contribution is -2.61. The van der Waals surface area contributed by atoms with Crippen LogP contribution in [0, 0.1) is 0 Å². The molecule has 0 saturated carbocycles. The highest BCUT2D eigenvalue weighted by Gasteiger charge is 2.47. The van der Waals surface area contributed by atoms with E-state index in [0.717, 1.165) is 122 Å². The van der Waals surface area contributed by atoms with Gasteiger partial charge in [0.05, 0.1) is 25.4 Å². The molecule has 0 aromatic heterocycles. The van der Waals surface area contributed by atoms with Gasteiger partial charge >= 0.3 is 5.97 Å². The highest BCUT2D eigenvalue weighted by molar-refractivity contribution is 5.80. The molecule has 11 nitrogen and oxygen atoms in total. The molecule has 1 aliphatic heterocycles. The Labute approximate surface area is 473 Å². The zero-order chi connectivity index (χ0) is 56.8. The number of unbranched alkanes of at least 4 members (excludes halogenated alkanes) is 18. The molecule has 8 unspecified atom stereocenters. The van der Waals surface area contributed by atoms with E-state index in [0.29, 0.717) is 12.8 Å². The van der Waals surface area contributed by atoms with Gasteiger partial charge in [-0.15, -0.1) is 0 Å². The van der Waals surface area contributed by atoms with Crippen molar-refractivity contribution in [2.24, 2.45) is 0 Å². The maximum absolute atomic E-state index is 13.4. The first-order chi connectivity index (χ1) is 38.2. The van der Waals surface area contributed by atoms with E-state index in [4.69, 9.17) is 14.2 Å². The average molecular weight is 1090 g/mol. The fourth-order valence-electron chi connectivity index (χ4n) is 8.60.